The average Bonchev–Trinajstić information content (AvgIpc) is 2.53. The second kappa shape index (κ2) is 6.39. The van der Waals surface area contributed by atoms with E-state index in [4.69, 9.17) is 9.47 Å². The first-order valence-corrected chi connectivity index (χ1v) is 6.56. The van der Waals surface area contributed by atoms with Gasteiger partial charge in [0.15, 0.2) is 0 Å². The number of benzene rings is 1. The quantitative estimate of drug-likeness (QED) is 0.808. The molecule has 0 N–H and O–H groups in total. The Morgan fingerprint density at radius 1 is 1.23 bits per heavy atom. The van der Waals surface area contributed by atoms with Gasteiger partial charge in [-0.15, -0.1) is 0 Å². The summed E-state index contributed by atoms with van der Waals surface area (Å²) in [6.07, 6.45) is 1.51. The molecule has 4 nitrogen and oxygen atoms in total. The predicted molar refractivity (Wildman–Crippen MR) is 82.2 cm³/mol. The Morgan fingerprint density at radius 2 is 1.86 bits per heavy atom. The number of ether oxygens (including phenoxy) is 2. The Morgan fingerprint density at radius 3 is 2.36 bits per heavy atom. The Kier molecular flexibility index (Phi) is 4.56. The zero-order valence-corrected chi connectivity index (χ0v) is 12.6. The molecule has 2 rings (SSSR count). The summed E-state index contributed by atoms with van der Waals surface area (Å²) >= 11 is 0. The predicted octanol–water partition coefficient (Wildman–Crippen LogP) is 3.72. The molecule has 0 spiro atoms. The third-order valence-corrected chi connectivity index (χ3v) is 3.22. The summed E-state index contributed by atoms with van der Waals surface area (Å²) in [5.74, 6) is -0.638. The first-order valence-electron chi connectivity index (χ1n) is 6.56. The number of esters is 1. The van der Waals surface area contributed by atoms with Crippen LogP contribution < -0.4 is 4.74 Å². The minimum absolute atomic E-state index is 0.261. The van der Waals surface area contributed by atoms with Gasteiger partial charge in [0.05, 0.1) is 25.3 Å². The number of rotatable bonds is 4. The van der Waals surface area contributed by atoms with Crippen LogP contribution in [0.1, 0.15) is 22.8 Å². The summed E-state index contributed by atoms with van der Waals surface area (Å²) in [6.45, 7) is 5.63. The Bertz CT molecular complexity index is 723. The lowest BCUT2D eigenvalue weighted by Crippen LogP contribution is -2.10. The molecule has 0 atom stereocenters. The first-order chi connectivity index (χ1) is 10.5. The highest BCUT2D eigenvalue weighted by molar-refractivity contribution is 6.03. The topological polar surface area (TPSA) is 48.4 Å². The van der Waals surface area contributed by atoms with Gasteiger partial charge in [-0.3, -0.25) is 0 Å². The maximum atomic E-state index is 13.2. The Balaban J connectivity index is 2.83. The number of aromatic nitrogens is 1. The standard InChI is InChI=1S/C17H16FNO3/c1-10(2)13-9-19-16(21-3)14(15(13)17(20)22-4)11-5-7-12(18)8-6-11/h5-9H,1H2,2-4H3. The SMILES string of the molecule is C=C(C)c1cnc(OC)c(-c2ccc(F)cc2)c1C(=O)OC. The molecule has 0 aliphatic carbocycles. The Labute approximate surface area is 128 Å². The molecule has 1 aromatic heterocycles. The maximum Gasteiger partial charge on any atom is 0.339 e. The molecule has 5 heteroatoms. The summed E-state index contributed by atoms with van der Waals surface area (Å²) < 4.78 is 23.3. The number of allylic oxidation sites excluding steroid dienone is 1. The van der Waals surface area contributed by atoms with E-state index in [1.807, 2.05) is 0 Å². The van der Waals surface area contributed by atoms with Crippen molar-refractivity contribution in [1.29, 1.82) is 0 Å². The van der Waals surface area contributed by atoms with Crippen LogP contribution in [0.2, 0.25) is 0 Å². The van der Waals surface area contributed by atoms with Crippen LogP contribution in [0.3, 0.4) is 0 Å². The normalized spacial score (nSPS) is 10.2. The molecule has 1 aromatic carbocycles. The van der Waals surface area contributed by atoms with Gasteiger partial charge in [0.2, 0.25) is 5.88 Å². The van der Waals surface area contributed by atoms with Crippen LogP contribution in [0.25, 0.3) is 16.7 Å². The van der Waals surface area contributed by atoms with E-state index in [1.54, 1.807) is 19.1 Å². The van der Waals surface area contributed by atoms with Crippen molar-refractivity contribution >= 4 is 11.5 Å². The number of halogens is 1. The summed E-state index contributed by atoms with van der Waals surface area (Å²) in [5.41, 5.74) is 2.59. The fraction of sp³-hybridized carbons (Fsp3) is 0.176. The first kappa shape index (κ1) is 15.7. The van der Waals surface area contributed by atoms with Gasteiger partial charge in [-0.25, -0.2) is 14.2 Å². The van der Waals surface area contributed by atoms with Gasteiger partial charge in [0, 0.05) is 11.8 Å². The smallest absolute Gasteiger partial charge is 0.339 e. The highest BCUT2D eigenvalue weighted by Crippen LogP contribution is 2.36. The van der Waals surface area contributed by atoms with Crippen LogP contribution in [0.4, 0.5) is 4.39 Å². The molecule has 2 aromatic rings. The van der Waals surface area contributed by atoms with Gasteiger partial charge in [-0.2, -0.15) is 0 Å². The van der Waals surface area contributed by atoms with E-state index in [0.29, 0.717) is 27.8 Å². The molecule has 0 aliphatic heterocycles. The molecule has 0 aliphatic rings. The average molecular weight is 301 g/mol. The van der Waals surface area contributed by atoms with Gasteiger partial charge < -0.3 is 9.47 Å². The van der Waals surface area contributed by atoms with Crippen molar-refractivity contribution < 1.29 is 18.7 Å². The highest BCUT2D eigenvalue weighted by atomic mass is 19.1. The van der Waals surface area contributed by atoms with E-state index in [2.05, 4.69) is 11.6 Å². The Hall–Kier alpha value is -2.69. The van der Waals surface area contributed by atoms with E-state index in [9.17, 15) is 9.18 Å². The largest absolute Gasteiger partial charge is 0.481 e. The number of methoxy groups -OCH3 is 2. The van der Waals surface area contributed by atoms with Gasteiger partial charge in [0.1, 0.15) is 5.82 Å². The van der Waals surface area contributed by atoms with Crippen LogP contribution in [-0.4, -0.2) is 25.2 Å². The molecule has 0 fully saturated rings. The second-order valence-corrected chi connectivity index (χ2v) is 4.71. The fourth-order valence-electron chi connectivity index (χ4n) is 2.17. The van der Waals surface area contributed by atoms with Crippen LogP contribution in [0.15, 0.2) is 37.0 Å². The van der Waals surface area contributed by atoms with Crippen molar-refractivity contribution in [2.75, 3.05) is 14.2 Å². The van der Waals surface area contributed by atoms with Gasteiger partial charge in [-0.05, 0) is 30.2 Å². The number of pyridine rings is 1. The molecule has 114 valence electrons. The van der Waals surface area contributed by atoms with Gasteiger partial charge in [-0.1, -0.05) is 18.7 Å². The molecule has 22 heavy (non-hydrogen) atoms. The van der Waals surface area contributed by atoms with E-state index in [0.717, 1.165) is 0 Å². The van der Waals surface area contributed by atoms with Crippen molar-refractivity contribution in [3.8, 4) is 17.0 Å². The van der Waals surface area contributed by atoms with E-state index >= 15 is 0 Å². The van der Waals surface area contributed by atoms with Crippen molar-refractivity contribution in [3.63, 3.8) is 0 Å². The van der Waals surface area contributed by atoms with Crippen molar-refractivity contribution in [1.82, 2.24) is 4.98 Å². The zero-order valence-electron chi connectivity index (χ0n) is 12.6. The second-order valence-electron chi connectivity index (χ2n) is 4.71. The molecule has 0 unspecified atom stereocenters. The third-order valence-electron chi connectivity index (χ3n) is 3.22. The van der Waals surface area contributed by atoms with Gasteiger partial charge in [0.25, 0.3) is 0 Å². The minimum atomic E-state index is -0.530. The summed E-state index contributed by atoms with van der Waals surface area (Å²) in [4.78, 5) is 16.5. The minimum Gasteiger partial charge on any atom is -0.481 e. The fourth-order valence-corrected chi connectivity index (χ4v) is 2.17. The highest BCUT2D eigenvalue weighted by Gasteiger charge is 2.23. The molecule has 0 bridgehead atoms. The number of carbonyl (C=O) groups excluding carboxylic acids is 1. The lowest BCUT2D eigenvalue weighted by Gasteiger charge is -2.16. The lowest BCUT2D eigenvalue weighted by molar-refractivity contribution is 0.0600. The summed E-state index contributed by atoms with van der Waals surface area (Å²) in [5, 5.41) is 0. The number of carbonyl (C=O) groups is 1. The number of hydrogen-bond donors (Lipinski definition) is 0. The molecule has 0 saturated heterocycles. The third kappa shape index (κ3) is 2.83. The van der Waals surface area contributed by atoms with Crippen LogP contribution in [0, 0.1) is 5.82 Å². The van der Waals surface area contributed by atoms with Crippen molar-refractivity contribution in [2.45, 2.75) is 6.92 Å². The van der Waals surface area contributed by atoms with E-state index < -0.39 is 5.97 Å². The summed E-state index contributed by atoms with van der Waals surface area (Å²) in [7, 11) is 2.75. The van der Waals surface area contributed by atoms with Crippen molar-refractivity contribution in [2.24, 2.45) is 0 Å². The maximum absolute atomic E-state index is 13.2. The lowest BCUT2D eigenvalue weighted by atomic mass is 9.94. The van der Waals surface area contributed by atoms with Crippen LogP contribution in [-0.2, 0) is 4.74 Å². The summed E-state index contributed by atoms with van der Waals surface area (Å²) in [6, 6.07) is 5.74. The van der Waals surface area contributed by atoms with Crippen molar-refractivity contribution in [3.05, 3.63) is 54.0 Å². The van der Waals surface area contributed by atoms with E-state index in [-0.39, 0.29) is 11.7 Å². The zero-order chi connectivity index (χ0) is 16.3. The van der Waals surface area contributed by atoms with Crippen LogP contribution >= 0.6 is 0 Å². The molecule has 1 heterocycles. The molecule has 0 saturated carbocycles. The number of hydrogen-bond acceptors (Lipinski definition) is 4. The molecular formula is C17H16FNO3. The van der Waals surface area contributed by atoms with E-state index in [1.165, 1.54) is 32.5 Å². The van der Waals surface area contributed by atoms with Crippen LogP contribution in [0.5, 0.6) is 5.88 Å². The molecule has 0 amide bonds. The monoisotopic (exact) mass is 301 g/mol. The van der Waals surface area contributed by atoms with Gasteiger partial charge >= 0.3 is 5.97 Å². The number of nitrogens with zero attached hydrogens (tertiary/aromatic N) is 1. The molecular weight excluding hydrogens is 285 g/mol. The molecule has 0 radical (unpaired) electrons.